The monoisotopic (exact) mass is 611 g/mol. The van der Waals surface area contributed by atoms with E-state index in [1.54, 1.807) is 29.2 Å². The summed E-state index contributed by atoms with van der Waals surface area (Å²) in [5.41, 5.74) is 4.76. The molecule has 0 radical (unpaired) electrons. The maximum atomic E-state index is 14.6. The van der Waals surface area contributed by atoms with E-state index in [0.29, 0.717) is 12.2 Å². The summed E-state index contributed by atoms with van der Waals surface area (Å²) in [5.74, 6) is -0.747. The van der Waals surface area contributed by atoms with E-state index in [4.69, 9.17) is 0 Å². The molecule has 0 spiro atoms. The number of sulfonamides is 1. The molecule has 0 aliphatic heterocycles. The predicted octanol–water partition coefficient (Wildman–Crippen LogP) is 5.97. The molecule has 44 heavy (non-hydrogen) atoms. The number of rotatable bonds is 13. The van der Waals surface area contributed by atoms with Gasteiger partial charge in [0.05, 0.1) is 10.6 Å². The van der Waals surface area contributed by atoms with Crippen LogP contribution in [-0.2, 0) is 32.6 Å². The van der Waals surface area contributed by atoms with Gasteiger partial charge in [0.15, 0.2) is 0 Å². The van der Waals surface area contributed by atoms with Gasteiger partial charge in [-0.1, -0.05) is 91.9 Å². The highest BCUT2D eigenvalue weighted by Crippen LogP contribution is 2.29. The third-order valence-electron chi connectivity index (χ3n) is 7.67. The molecule has 0 aliphatic carbocycles. The van der Waals surface area contributed by atoms with Crippen LogP contribution in [0.4, 0.5) is 5.69 Å². The summed E-state index contributed by atoms with van der Waals surface area (Å²) in [6.07, 6.45) is 1.02. The van der Waals surface area contributed by atoms with E-state index in [0.717, 1.165) is 34.2 Å². The summed E-state index contributed by atoms with van der Waals surface area (Å²) < 4.78 is 29.5. The molecule has 0 heterocycles. The summed E-state index contributed by atoms with van der Waals surface area (Å²) in [6, 6.07) is 30.1. The predicted molar refractivity (Wildman–Crippen MR) is 176 cm³/mol. The third kappa shape index (κ3) is 7.94. The number of anilines is 1. The van der Waals surface area contributed by atoms with Crippen LogP contribution in [0.5, 0.6) is 0 Å². The Morgan fingerprint density at radius 1 is 0.795 bits per heavy atom. The van der Waals surface area contributed by atoms with Crippen molar-refractivity contribution in [1.29, 1.82) is 0 Å². The van der Waals surface area contributed by atoms with E-state index < -0.39 is 28.5 Å². The number of carbonyl (C=O) groups excluding carboxylic acids is 2. The van der Waals surface area contributed by atoms with E-state index in [-0.39, 0.29) is 23.8 Å². The lowest BCUT2D eigenvalue weighted by molar-refractivity contribution is -0.140. The first kappa shape index (κ1) is 32.5. The average molecular weight is 612 g/mol. The maximum absolute atomic E-state index is 14.6. The van der Waals surface area contributed by atoms with Gasteiger partial charge >= 0.3 is 0 Å². The Morgan fingerprint density at radius 2 is 1.43 bits per heavy atom. The summed E-state index contributed by atoms with van der Waals surface area (Å²) in [5, 5.41) is 2.98. The van der Waals surface area contributed by atoms with Gasteiger partial charge in [0, 0.05) is 19.5 Å². The Kier molecular flexibility index (Phi) is 11.0. The Bertz CT molecular complexity index is 1670. The number of amides is 2. The van der Waals surface area contributed by atoms with Crippen LogP contribution in [0.15, 0.2) is 108 Å². The fraction of sp³-hybridized carbons (Fsp3) is 0.278. The Labute approximate surface area is 261 Å². The Morgan fingerprint density at radius 3 is 2.09 bits per heavy atom. The van der Waals surface area contributed by atoms with Crippen LogP contribution in [0.2, 0.25) is 0 Å². The second-order valence-electron chi connectivity index (χ2n) is 11.1. The quantitative estimate of drug-likeness (QED) is 0.202. The van der Waals surface area contributed by atoms with Gasteiger partial charge in [-0.3, -0.25) is 13.9 Å². The third-order valence-corrected chi connectivity index (χ3v) is 9.44. The van der Waals surface area contributed by atoms with Crippen LogP contribution in [-0.4, -0.2) is 44.3 Å². The molecule has 0 fully saturated rings. The molecule has 0 aliphatic rings. The number of carbonyl (C=O) groups is 2. The van der Waals surface area contributed by atoms with Crippen molar-refractivity contribution in [3.63, 3.8) is 0 Å². The van der Waals surface area contributed by atoms with Crippen LogP contribution >= 0.6 is 0 Å². The molecular weight excluding hydrogens is 570 g/mol. The topological polar surface area (TPSA) is 86.8 Å². The molecule has 230 valence electrons. The van der Waals surface area contributed by atoms with Crippen LogP contribution in [0.25, 0.3) is 0 Å². The minimum absolute atomic E-state index is 0.0840. The van der Waals surface area contributed by atoms with Crippen molar-refractivity contribution in [2.75, 3.05) is 17.4 Å². The zero-order chi connectivity index (χ0) is 31.7. The maximum Gasteiger partial charge on any atom is 0.264 e. The van der Waals surface area contributed by atoms with E-state index in [1.807, 2.05) is 94.4 Å². The molecule has 0 bridgehead atoms. The summed E-state index contributed by atoms with van der Waals surface area (Å²) >= 11 is 0. The minimum Gasteiger partial charge on any atom is -0.354 e. The van der Waals surface area contributed by atoms with E-state index in [9.17, 15) is 18.0 Å². The van der Waals surface area contributed by atoms with Gasteiger partial charge in [-0.05, 0) is 73.2 Å². The van der Waals surface area contributed by atoms with Gasteiger partial charge < -0.3 is 10.2 Å². The minimum atomic E-state index is -4.14. The van der Waals surface area contributed by atoms with Crippen molar-refractivity contribution in [2.24, 2.45) is 0 Å². The van der Waals surface area contributed by atoms with E-state index >= 15 is 0 Å². The second kappa shape index (κ2) is 14.8. The standard InChI is InChI=1S/C36H41N3O4S/c1-5-22-37-36(41)34(24-30-15-8-6-9-16-30)38(25-31-17-13-12-14-28(31)3)35(40)26-39(33-23-27(2)20-21-29(33)4)44(42,43)32-18-10-7-11-19-32/h6-21,23,34H,5,22,24-26H2,1-4H3,(H,37,41)/t34-/m0/s1. The molecule has 2 amide bonds. The van der Waals surface area contributed by atoms with Crippen molar-refractivity contribution in [3.8, 4) is 0 Å². The van der Waals surface area contributed by atoms with Gasteiger partial charge in [-0.15, -0.1) is 0 Å². The molecule has 0 unspecified atom stereocenters. The molecule has 8 heteroatoms. The SMILES string of the molecule is CCCNC(=O)[C@H](Cc1ccccc1)N(Cc1ccccc1C)C(=O)CN(c1cc(C)ccc1C)S(=O)(=O)c1ccccc1. The molecule has 1 atom stereocenters. The first-order chi connectivity index (χ1) is 21.1. The van der Waals surface area contributed by atoms with Gasteiger partial charge in [0.1, 0.15) is 12.6 Å². The van der Waals surface area contributed by atoms with Crippen LogP contribution < -0.4 is 9.62 Å². The van der Waals surface area contributed by atoms with Gasteiger partial charge in [0.2, 0.25) is 11.8 Å². The molecule has 0 aromatic heterocycles. The summed E-state index contributed by atoms with van der Waals surface area (Å²) in [4.78, 5) is 30.0. The highest BCUT2D eigenvalue weighted by atomic mass is 32.2. The van der Waals surface area contributed by atoms with Crippen molar-refractivity contribution < 1.29 is 18.0 Å². The lowest BCUT2D eigenvalue weighted by Gasteiger charge is -2.34. The van der Waals surface area contributed by atoms with Crippen molar-refractivity contribution in [1.82, 2.24) is 10.2 Å². The normalized spacial score (nSPS) is 11.9. The fourth-order valence-corrected chi connectivity index (χ4v) is 6.60. The van der Waals surface area contributed by atoms with Gasteiger partial charge in [-0.2, -0.15) is 0 Å². The second-order valence-corrected chi connectivity index (χ2v) is 12.9. The summed E-state index contributed by atoms with van der Waals surface area (Å²) in [7, 11) is -4.14. The molecule has 4 aromatic carbocycles. The highest BCUT2D eigenvalue weighted by molar-refractivity contribution is 7.92. The number of nitrogens with one attached hydrogen (secondary N) is 1. The summed E-state index contributed by atoms with van der Waals surface area (Å²) in [6.45, 7) is 7.79. The smallest absolute Gasteiger partial charge is 0.264 e. The van der Waals surface area contributed by atoms with Crippen molar-refractivity contribution in [3.05, 3.63) is 131 Å². The van der Waals surface area contributed by atoms with E-state index in [2.05, 4.69) is 5.32 Å². The van der Waals surface area contributed by atoms with Crippen molar-refractivity contribution >= 4 is 27.5 Å². The van der Waals surface area contributed by atoms with Crippen LogP contribution in [0.1, 0.15) is 41.2 Å². The number of hydrogen-bond donors (Lipinski definition) is 1. The average Bonchev–Trinajstić information content (AvgIpc) is 3.03. The lowest BCUT2D eigenvalue weighted by Crippen LogP contribution is -2.53. The fourth-order valence-electron chi connectivity index (χ4n) is 5.11. The van der Waals surface area contributed by atoms with Crippen molar-refractivity contribution in [2.45, 2.75) is 58.0 Å². The van der Waals surface area contributed by atoms with Gasteiger partial charge in [0.25, 0.3) is 10.0 Å². The zero-order valence-corrected chi connectivity index (χ0v) is 26.7. The zero-order valence-electron chi connectivity index (χ0n) is 25.9. The molecule has 1 N–H and O–H groups in total. The number of nitrogens with zero attached hydrogens (tertiary/aromatic N) is 2. The van der Waals surface area contributed by atoms with Crippen LogP contribution in [0, 0.1) is 20.8 Å². The molecule has 4 aromatic rings. The number of hydrogen-bond acceptors (Lipinski definition) is 4. The van der Waals surface area contributed by atoms with Gasteiger partial charge in [-0.25, -0.2) is 8.42 Å². The van der Waals surface area contributed by atoms with Crippen LogP contribution in [0.3, 0.4) is 0 Å². The molecule has 0 saturated carbocycles. The highest BCUT2D eigenvalue weighted by Gasteiger charge is 2.35. The number of benzene rings is 4. The molecule has 4 rings (SSSR count). The molecule has 7 nitrogen and oxygen atoms in total. The first-order valence-electron chi connectivity index (χ1n) is 14.9. The first-order valence-corrected chi connectivity index (χ1v) is 16.4. The molecule has 0 saturated heterocycles. The Hall–Kier alpha value is -4.43. The lowest BCUT2D eigenvalue weighted by atomic mass is 10.0. The largest absolute Gasteiger partial charge is 0.354 e. The van der Waals surface area contributed by atoms with E-state index in [1.165, 1.54) is 16.4 Å². The molecular formula is C36H41N3O4S. The Balaban J connectivity index is 1.83. The number of aryl methyl sites for hydroxylation is 3.